The van der Waals surface area contributed by atoms with Gasteiger partial charge in [0.05, 0.1) is 6.10 Å². The molecule has 1 N–H and O–H groups in total. The lowest BCUT2D eigenvalue weighted by Gasteiger charge is -2.32. The van der Waals surface area contributed by atoms with Gasteiger partial charge in [-0.1, -0.05) is 0 Å². The Morgan fingerprint density at radius 3 is 1.58 bits per heavy atom. The van der Waals surface area contributed by atoms with E-state index in [2.05, 4.69) is 11.6 Å². The highest BCUT2D eigenvalue weighted by Gasteiger charge is 2.61. The number of rotatable bonds is 3. The zero-order valence-electron chi connectivity index (χ0n) is 5.87. The van der Waals surface area contributed by atoms with Crippen molar-refractivity contribution in [2.45, 2.75) is 28.9 Å². The Hall–Kier alpha value is 0.620. The maximum Gasteiger partial charge on any atom is 0.360 e. The lowest BCUT2D eigenvalue weighted by atomic mass is 10.0. The molecule has 0 bridgehead atoms. The maximum absolute atomic E-state index is 13.1. The Kier molecular flexibility index (Phi) is 3.98. The molecule has 0 aliphatic carbocycles. The van der Waals surface area contributed by atoms with Gasteiger partial charge in [-0.05, 0) is 18.5 Å². The Labute approximate surface area is 82.4 Å². The summed E-state index contributed by atoms with van der Waals surface area (Å²) in [4.78, 5) is -2.11. The minimum absolute atomic E-state index is 0.786. The van der Waals surface area contributed by atoms with Gasteiger partial charge in [0.15, 0.2) is 4.84 Å². The fourth-order valence-electron chi connectivity index (χ4n) is 0.543. The maximum atomic E-state index is 13.1. The molecule has 0 fully saturated rings. The number of aliphatic hydroxyl groups is 1. The van der Waals surface area contributed by atoms with Crippen molar-refractivity contribution in [2.75, 3.05) is 0 Å². The molecule has 0 aliphatic rings. The number of aliphatic hydroxyl groups excluding tert-OH is 1. The van der Waals surface area contributed by atoms with E-state index in [1.807, 2.05) is 0 Å². The molecule has 0 aliphatic heterocycles. The summed E-state index contributed by atoms with van der Waals surface area (Å²) >= 11 is 14.3. The Bertz CT molecular complexity index is 149. The van der Waals surface area contributed by atoms with Crippen molar-refractivity contribution >= 4 is 34.8 Å². The molecule has 0 saturated heterocycles. The second kappa shape index (κ2) is 3.78. The topological polar surface area (TPSA) is 20.2 Å². The van der Waals surface area contributed by atoms with Crippen LogP contribution in [0.5, 0.6) is 0 Å². The first-order chi connectivity index (χ1) is 5.14. The number of alkyl halides is 6. The average molecular weight is 245 g/mol. The molecule has 0 heterocycles. The Morgan fingerprint density at radius 2 is 1.58 bits per heavy atom. The fourth-order valence-corrected chi connectivity index (χ4v) is 1.56. The molecule has 2 atom stereocenters. The molecule has 0 aromatic heterocycles. The largest absolute Gasteiger partial charge is 0.390 e. The van der Waals surface area contributed by atoms with E-state index in [1.54, 1.807) is 0 Å². The first-order valence-electron chi connectivity index (χ1n) is 2.86. The predicted octanol–water partition coefficient (Wildman–Crippen LogP) is 2.71. The number of hydrogen-bond donors (Lipinski definition) is 1. The van der Waals surface area contributed by atoms with Crippen LogP contribution in [0, 0.1) is 0 Å². The van der Waals surface area contributed by atoms with Gasteiger partial charge >= 0.3 is 5.38 Å². The van der Waals surface area contributed by atoms with Gasteiger partial charge in [-0.25, -0.2) is 4.39 Å². The highest BCUT2D eigenvalue weighted by molar-refractivity contribution is 6.45. The normalized spacial score (nSPS) is 20.8. The van der Waals surface area contributed by atoms with Gasteiger partial charge in [0.25, 0.3) is 0 Å². The van der Waals surface area contributed by atoms with E-state index in [0.29, 0.717) is 0 Å². The van der Waals surface area contributed by atoms with Gasteiger partial charge < -0.3 is 5.11 Å². The minimum atomic E-state index is -4.31. The zero-order valence-corrected chi connectivity index (χ0v) is 8.14. The van der Waals surface area contributed by atoms with Crippen LogP contribution in [0.2, 0.25) is 0 Å². The van der Waals surface area contributed by atoms with Crippen molar-refractivity contribution in [3.63, 3.8) is 0 Å². The van der Waals surface area contributed by atoms with Crippen molar-refractivity contribution < 1.29 is 18.3 Å². The van der Waals surface area contributed by atoms with Gasteiger partial charge in [0.2, 0.25) is 5.67 Å². The molecule has 12 heavy (non-hydrogen) atoms. The van der Waals surface area contributed by atoms with Crippen molar-refractivity contribution in [2.24, 2.45) is 0 Å². The van der Waals surface area contributed by atoms with Crippen molar-refractivity contribution in [3.8, 4) is 0 Å². The second-order valence-electron chi connectivity index (χ2n) is 2.24. The predicted molar refractivity (Wildman–Crippen MR) is 41.8 cm³/mol. The summed E-state index contributed by atoms with van der Waals surface area (Å²) in [7, 11) is 0. The molecule has 74 valence electrons. The smallest absolute Gasteiger partial charge is 0.360 e. The van der Waals surface area contributed by atoms with Gasteiger partial charge in [0, 0.05) is 0 Å². The van der Waals surface area contributed by atoms with E-state index in [9.17, 15) is 13.2 Å². The lowest BCUT2D eigenvalue weighted by molar-refractivity contribution is -0.122. The number of halogens is 6. The molecule has 0 saturated carbocycles. The van der Waals surface area contributed by atoms with Crippen LogP contribution in [0.25, 0.3) is 0 Å². The Balaban J connectivity index is 4.89. The lowest BCUT2D eigenvalue weighted by Crippen LogP contribution is -2.53. The van der Waals surface area contributed by atoms with E-state index in [4.69, 9.17) is 28.3 Å². The summed E-state index contributed by atoms with van der Waals surface area (Å²) in [6.45, 7) is 0.786. The molecular formula is C5H6Cl3F3O. The summed E-state index contributed by atoms with van der Waals surface area (Å²) in [6.07, 6.45) is -2.06. The fraction of sp³-hybridized carbons (Fsp3) is 1.00. The number of hydrogen-bond acceptors (Lipinski definition) is 1. The van der Waals surface area contributed by atoms with Gasteiger partial charge in [-0.15, -0.1) is 23.2 Å². The molecule has 0 spiro atoms. The molecule has 0 aromatic rings. The second-order valence-corrected chi connectivity index (χ2v) is 3.81. The Morgan fingerprint density at radius 1 is 1.25 bits per heavy atom. The van der Waals surface area contributed by atoms with E-state index in [1.165, 1.54) is 0 Å². The van der Waals surface area contributed by atoms with Crippen LogP contribution in [0.15, 0.2) is 0 Å². The molecule has 1 nitrogen and oxygen atoms in total. The van der Waals surface area contributed by atoms with Gasteiger partial charge in [0.1, 0.15) is 0 Å². The molecule has 7 heteroatoms. The highest BCUT2D eigenvalue weighted by atomic mass is 35.5. The van der Waals surface area contributed by atoms with Crippen LogP contribution >= 0.6 is 34.8 Å². The van der Waals surface area contributed by atoms with Crippen molar-refractivity contribution in [1.82, 2.24) is 0 Å². The molecule has 0 rings (SSSR count). The van der Waals surface area contributed by atoms with E-state index < -0.39 is 22.0 Å². The van der Waals surface area contributed by atoms with Crippen LogP contribution in [-0.4, -0.2) is 27.1 Å². The first kappa shape index (κ1) is 12.6. The third-order valence-electron chi connectivity index (χ3n) is 1.36. The third kappa shape index (κ3) is 2.10. The van der Waals surface area contributed by atoms with Gasteiger partial charge in [-0.2, -0.15) is 8.78 Å². The average Bonchev–Trinajstić information content (AvgIpc) is 1.82. The standard InChI is InChI=1S/C5H6Cl3F3O/c1-2(12)4(9,3(6)7)5(8,10)11/h2-3,12H,1H3. The summed E-state index contributed by atoms with van der Waals surface area (Å²) in [6, 6.07) is 0. The van der Waals surface area contributed by atoms with Crippen LogP contribution in [-0.2, 0) is 0 Å². The molecule has 0 amide bonds. The third-order valence-corrected chi connectivity index (χ3v) is 2.28. The summed E-state index contributed by atoms with van der Waals surface area (Å²) < 4.78 is 37.8. The van der Waals surface area contributed by atoms with Crippen molar-refractivity contribution in [3.05, 3.63) is 0 Å². The van der Waals surface area contributed by atoms with E-state index in [-0.39, 0.29) is 0 Å². The van der Waals surface area contributed by atoms with Gasteiger partial charge in [-0.3, -0.25) is 0 Å². The van der Waals surface area contributed by atoms with Crippen LogP contribution in [0.4, 0.5) is 13.2 Å². The molecule has 0 radical (unpaired) electrons. The SMILES string of the molecule is CC(O)C(F)(C(Cl)Cl)C(F)(F)Cl. The minimum Gasteiger partial charge on any atom is -0.390 e. The summed E-state index contributed by atoms with van der Waals surface area (Å²) in [5.74, 6) is 0. The highest BCUT2D eigenvalue weighted by Crippen LogP contribution is 2.44. The molecule has 2 unspecified atom stereocenters. The van der Waals surface area contributed by atoms with E-state index in [0.717, 1.165) is 6.92 Å². The van der Waals surface area contributed by atoms with Crippen LogP contribution < -0.4 is 0 Å². The van der Waals surface area contributed by atoms with Crippen LogP contribution in [0.1, 0.15) is 6.92 Å². The molecular weight excluding hydrogens is 239 g/mol. The summed E-state index contributed by atoms with van der Waals surface area (Å²) in [5, 5.41) is 4.36. The molecule has 0 aromatic carbocycles. The zero-order chi connectivity index (χ0) is 10.2. The van der Waals surface area contributed by atoms with Crippen LogP contribution in [0.3, 0.4) is 0 Å². The van der Waals surface area contributed by atoms with Crippen molar-refractivity contribution in [1.29, 1.82) is 0 Å². The van der Waals surface area contributed by atoms with E-state index >= 15 is 0 Å². The summed E-state index contributed by atoms with van der Waals surface area (Å²) in [5.41, 5.74) is -3.54. The monoisotopic (exact) mass is 244 g/mol. The quantitative estimate of drug-likeness (QED) is 0.758. The first-order valence-corrected chi connectivity index (χ1v) is 4.11.